The Bertz CT molecular complexity index is 1630. The van der Waals surface area contributed by atoms with Crippen molar-refractivity contribution in [1.29, 1.82) is 0 Å². The normalized spacial score (nSPS) is 18.6. The van der Waals surface area contributed by atoms with E-state index >= 15 is 0 Å². The maximum atomic E-state index is 13.4. The number of hydrogen-bond acceptors (Lipinski definition) is 6. The van der Waals surface area contributed by atoms with E-state index in [0.29, 0.717) is 29.1 Å². The van der Waals surface area contributed by atoms with Gasteiger partial charge < -0.3 is 14.4 Å². The number of benzene rings is 2. The van der Waals surface area contributed by atoms with Gasteiger partial charge in [0.05, 0.1) is 28.7 Å². The average Bonchev–Trinajstić information content (AvgIpc) is 3.41. The number of aryl methyl sites for hydroxylation is 2. The van der Waals surface area contributed by atoms with Gasteiger partial charge in [-0.15, -0.1) is 0 Å². The lowest BCUT2D eigenvalue weighted by Gasteiger charge is -2.19. The lowest BCUT2D eigenvalue weighted by molar-refractivity contribution is -0.122. The summed E-state index contributed by atoms with van der Waals surface area (Å²) < 4.78 is 7.07. The van der Waals surface area contributed by atoms with Gasteiger partial charge in [0, 0.05) is 18.5 Å². The molecular weight excluding hydrogens is 520 g/mol. The third-order valence-corrected chi connectivity index (χ3v) is 8.23. The highest BCUT2D eigenvalue weighted by Crippen LogP contribution is 2.41. The monoisotopic (exact) mass is 552 g/mol. The summed E-state index contributed by atoms with van der Waals surface area (Å²) in [6.45, 7) is 4.46. The molecule has 1 aliphatic heterocycles. The van der Waals surface area contributed by atoms with Crippen LogP contribution >= 0.6 is 0 Å². The van der Waals surface area contributed by atoms with E-state index in [1.54, 1.807) is 12.1 Å². The molecule has 6 rings (SSSR count). The number of amides is 2. The number of ether oxygens (including phenoxy) is 1. The highest BCUT2D eigenvalue weighted by Gasteiger charge is 2.49. The Morgan fingerprint density at radius 1 is 1.00 bits per heavy atom. The van der Waals surface area contributed by atoms with Crippen molar-refractivity contribution in [3.05, 3.63) is 71.7 Å². The maximum absolute atomic E-state index is 13.4. The number of aromatic nitrogens is 3. The first kappa shape index (κ1) is 26.7. The fraction of sp³-hybridized carbons (Fsp3) is 0.344. The molecule has 0 spiro atoms. The van der Waals surface area contributed by atoms with Crippen molar-refractivity contribution in [2.45, 2.75) is 58.9 Å². The van der Waals surface area contributed by atoms with E-state index in [1.807, 2.05) is 49.4 Å². The quantitative estimate of drug-likeness (QED) is 0.166. The van der Waals surface area contributed by atoms with Crippen LogP contribution in [0.15, 0.2) is 54.6 Å². The molecule has 1 saturated heterocycles. The van der Waals surface area contributed by atoms with Crippen LogP contribution in [0.3, 0.4) is 0 Å². The van der Waals surface area contributed by atoms with Gasteiger partial charge in [0.1, 0.15) is 11.6 Å². The van der Waals surface area contributed by atoms with Crippen LogP contribution in [0, 0.1) is 18.8 Å². The number of anilines is 1. The van der Waals surface area contributed by atoms with Crippen LogP contribution in [-0.4, -0.2) is 37.6 Å². The molecule has 2 amide bonds. The van der Waals surface area contributed by atoms with Crippen LogP contribution < -0.4 is 9.64 Å². The van der Waals surface area contributed by atoms with Crippen LogP contribution in [-0.2, 0) is 22.6 Å². The van der Waals surface area contributed by atoms with Gasteiger partial charge in [-0.1, -0.05) is 62.2 Å². The molecule has 0 radical (unpaired) electrons. The lowest BCUT2D eigenvalue weighted by Crippen LogP contribution is -2.31. The Morgan fingerprint density at radius 2 is 1.68 bits per heavy atom. The van der Waals surface area contributed by atoms with Crippen molar-refractivity contribution >= 4 is 34.8 Å². The predicted octanol–water partition coefficient (Wildman–Crippen LogP) is 6.14. The Labute approximate surface area is 237 Å². The van der Waals surface area contributed by atoms with Crippen molar-refractivity contribution in [2.24, 2.45) is 11.8 Å². The van der Waals surface area contributed by atoms with Gasteiger partial charge in [-0.3, -0.25) is 9.59 Å². The molecular formula is C32H32N4O5. The number of carboxylic acid groups (broad SMARTS) is 1. The van der Waals surface area contributed by atoms with Crippen LogP contribution in [0.1, 0.15) is 56.1 Å². The zero-order valence-corrected chi connectivity index (χ0v) is 23.2. The molecule has 9 heteroatoms. The molecule has 9 nitrogen and oxygen atoms in total. The second-order valence-electron chi connectivity index (χ2n) is 10.9. The van der Waals surface area contributed by atoms with Gasteiger partial charge in [-0.25, -0.2) is 19.7 Å². The van der Waals surface area contributed by atoms with Gasteiger partial charge in [-0.2, -0.15) is 0 Å². The third-order valence-electron chi connectivity index (χ3n) is 8.23. The van der Waals surface area contributed by atoms with E-state index < -0.39 is 6.16 Å². The molecule has 3 heterocycles. The van der Waals surface area contributed by atoms with Crippen molar-refractivity contribution in [3.8, 4) is 16.9 Å². The minimum absolute atomic E-state index is 0.105. The fourth-order valence-electron chi connectivity index (χ4n) is 6.25. The number of nitrogens with zero attached hydrogens (tertiary/aromatic N) is 4. The Hall–Kier alpha value is -4.53. The van der Waals surface area contributed by atoms with E-state index in [2.05, 4.69) is 11.5 Å². The summed E-state index contributed by atoms with van der Waals surface area (Å²) >= 11 is 0. The molecule has 2 aromatic heterocycles. The van der Waals surface area contributed by atoms with Crippen LogP contribution in [0.2, 0.25) is 0 Å². The minimum atomic E-state index is -1.36. The van der Waals surface area contributed by atoms with Crippen molar-refractivity contribution in [3.63, 3.8) is 0 Å². The lowest BCUT2D eigenvalue weighted by atomic mass is 9.81. The average molecular weight is 553 g/mol. The molecule has 2 atom stereocenters. The van der Waals surface area contributed by atoms with Crippen LogP contribution in [0.5, 0.6) is 5.75 Å². The molecule has 1 saturated carbocycles. The summed E-state index contributed by atoms with van der Waals surface area (Å²) in [5, 5.41) is 9.09. The Kier molecular flexibility index (Phi) is 7.03. The molecule has 1 N–H and O–H groups in total. The summed E-state index contributed by atoms with van der Waals surface area (Å²) in [6, 6.07) is 16.8. The minimum Gasteiger partial charge on any atom is -0.449 e. The molecule has 2 aromatic carbocycles. The predicted molar refractivity (Wildman–Crippen MR) is 154 cm³/mol. The van der Waals surface area contributed by atoms with Crippen molar-refractivity contribution < 1.29 is 24.2 Å². The zero-order valence-electron chi connectivity index (χ0n) is 23.2. The fourth-order valence-corrected chi connectivity index (χ4v) is 6.25. The molecule has 1 aliphatic carbocycles. The van der Waals surface area contributed by atoms with E-state index in [-0.39, 0.29) is 29.4 Å². The molecule has 2 aliphatic rings. The summed E-state index contributed by atoms with van der Waals surface area (Å²) in [7, 11) is 0. The number of pyridine rings is 1. The first-order valence-electron chi connectivity index (χ1n) is 14.2. The molecule has 0 unspecified atom stereocenters. The summed E-state index contributed by atoms with van der Waals surface area (Å²) in [5.74, 6) is 0.507. The second-order valence-corrected chi connectivity index (χ2v) is 10.9. The molecule has 2 fully saturated rings. The van der Waals surface area contributed by atoms with Gasteiger partial charge in [0.2, 0.25) is 11.8 Å². The van der Waals surface area contributed by atoms with Gasteiger partial charge >= 0.3 is 6.16 Å². The highest BCUT2D eigenvalue weighted by atomic mass is 16.7. The number of carbonyl (C=O) groups excluding carboxylic acids is 2. The first-order chi connectivity index (χ1) is 19.9. The third kappa shape index (κ3) is 4.85. The summed E-state index contributed by atoms with van der Waals surface area (Å²) in [5.41, 5.74) is 5.10. The highest BCUT2D eigenvalue weighted by molar-refractivity contribution is 6.22. The van der Waals surface area contributed by atoms with Gasteiger partial charge in [0.25, 0.3) is 0 Å². The maximum Gasteiger partial charge on any atom is 0.511 e. The SMILES string of the molecule is CCCc1nc2nc(C)c(N3C(=O)[C@H]4CCCC[C@H]4C3=O)cc2n1Cc1ccc(-c2ccccc2OC(=O)O)cc1. The number of imide groups is 1. The number of imidazole rings is 1. The number of carbonyl (C=O) groups is 3. The molecule has 210 valence electrons. The molecule has 4 aromatic rings. The number of rotatable bonds is 7. The topological polar surface area (TPSA) is 115 Å². The standard InChI is InChI=1S/C32H32N4O5/c1-3-8-28-34-29-26(17-25(19(2)33-29)36-30(37)23-10-4-5-11-24(23)31(36)38)35(28)18-20-13-15-21(16-14-20)22-9-6-7-12-27(22)41-32(39)40/h6-7,9,12-17,23-24H,3-5,8,10-11,18H2,1-2H3,(H,39,40)/t23-,24+. The molecule has 0 bridgehead atoms. The van der Waals surface area contributed by atoms with Gasteiger partial charge in [-0.05, 0) is 49.4 Å². The second kappa shape index (κ2) is 10.8. The van der Waals surface area contributed by atoms with Gasteiger partial charge in [0.15, 0.2) is 5.65 Å². The first-order valence-corrected chi connectivity index (χ1v) is 14.2. The van der Waals surface area contributed by atoms with E-state index in [0.717, 1.165) is 61.0 Å². The molecule has 41 heavy (non-hydrogen) atoms. The number of hydrogen-bond donors (Lipinski definition) is 1. The summed E-state index contributed by atoms with van der Waals surface area (Å²) in [4.78, 5) is 48.8. The van der Waals surface area contributed by atoms with E-state index in [4.69, 9.17) is 19.8 Å². The largest absolute Gasteiger partial charge is 0.511 e. The Balaban J connectivity index is 1.36. The zero-order chi connectivity index (χ0) is 28.7. The van der Waals surface area contributed by atoms with Crippen LogP contribution in [0.25, 0.3) is 22.3 Å². The van der Waals surface area contributed by atoms with Crippen molar-refractivity contribution in [1.82, 2.24) is 14.5 Å². The van der Waals surface area contributed by atoms with Crippen LogP contribution in [0.4, 0.5) is 10.5 Å². The van der Waals surface area contributed by atoms with Crippen molar-refractivity contribution in [2.75, 3.05) is 4.90 Å². The smallest absolute Gasteiger partial charge is 0.449 e. The number of para-hydroxylation sites is 1. The summed E-state index contributed by atoms with van der Waals surface area (Å²) in [6.07, 6.45) is 3.80. The van der Waals surface area contributed by atoms with E-state index in [9.17, 15) is 14.4 Å². The Morgan fingerprint density at radius 3 is 2.34 bits per heavy atom. The van der Waals surface area contributed by atoms with E-state index in [1.165, 1.54) is 4.90 Å². The number of fused-ring (bicyclic) bond motifs is 2.